The van der Waals surface area contributed by atoms with Crippen molar-refractivity contribution in [2.45, 2.75) is 91.1 Å². The van der Waals surface area contributed by atoms with Gasteiger partial charge >= 0.3 is 12.2 Å². The molecule has 47 heavy (non-hydrogen) atoms. The van der Waals surface area contributed by atoms with Crippen molar-refractivity contribution in [2.24, 2.45) is 5.92 Å². The molecule has 0 radical (unpaired) electrons. The fraction of sp³-hybridized carbons (Fsp3) is 0.625. The van der Waals surface area contributed by atoms with Crippen molar-refractivity contribution < 1.29 is 46.7 Å². The Morgan fingerprint density at radius 1 is 1.19 bits per heavy atom. The molecular formula is C32H46F3N5O7. The molecule has 1 aliphatic heterocycles. The number of hydrogen-bond acceptors (Lipinski definition) is 8. The van der Waals surface area contributed by atoms with Gasteiger partial charge in [0.15, 0.2) is 5.76 Å². The van der Waals surface area contributed by atoms with E-state index in [4.69, 9.17) is 14.0 Å². The third-order valence-electron chi connectivity index (χ3n) is 8.04. The number of anilines is 2. The molecule has 3 rings (SSSR count). The molecule has 1 aromatic carbocycles. The number of rotatable bonds is 8. The van der Waals surface area contributed by atoms with E-state index < -0.39 is 49.0 Å². The average molecular weight is 670 g/mol. The molecule has 0 bridgehead atoms. The van der Waals surface area contributed by atoms with Gasteiger partial charge in [0.1, 0.15) is 17.1 Å². The lowest BCUT2D eigenvalue weighted by Gasteiger charge is -2.35. The van der Waals surface area contributed by atoms with Crippen molar-refractivity contribution in [3.8, 4) is 5.75 Å². The summed E-state index contributed by atoms with van der Waals surface area (Å²) in [5.74, 6) is -0.951. The van der Waals surface area contributed by atoms with Gasteiger partial charge in [-0.3, -0.25) is 9.59 Å². The molecule has 4 atom stereocenters. The molecule has 0 saturated carbocycles. The Hall–Kier alpha value is -3.85. The number of carbonyl (C=O) groups is 3. The summed E-state index contributed by atoms with van der Waals surface area (Å²) in [5.41, 5.74) is 1.25. The Morgan fingerprint density at radius 2 is 1.91 bits per heavy atom. The first-order chi connectivity index (χ1) is 22.1. The number of halogens is 3. The number of aliphatic hydroxyl groups is 1. The molecule has 262 valence electrons. The van der Waals surface area contributed by atoms with Crippen molar-refractivity contribution in [3.63, 3.8) is 0 Å². The van der Waals surface area contributed by atoms with E-state index in [9.17, 15) is 32.7 Å². The number of hydrogen-bond donors (Lipinski definition) is 3. The van der Waals surface area contributed by atoms with Crippen molar-refractivity contribution in [3.05, 3.63) is 35.2 Å². The molecule has 12 nitrogen and oxygen atoms in total. The zero-order chi connectivity index (χ0) is 34.9. The fourth-order valence-electron chi connectivity index (χ4n) is 5.16. The molecule has 0 saturated heterocycles. The molecule has 3 N–H and O–H groups in total. The highest BCUT2D eigenvalue weighted by Gasteiger charge is 2.32. The van der Waals surface area contributed by atoms with Crippen LogP contribution in [0.2, 0.25) is 0 Å². The number of urea groups is 1. The van der Waals surface area contributed by atoms with E-state index >= 15 is 0 Å². The number of benzene rings is 1. The van der Waals surface area contributed by atoms with Gasteiger partial charge in [0, 0.05) is 44.8 Å². The molecule has 1 aliphatic rings. The Balaban J connectivity index is 1.89. The molecule has 2 heterocycles. The highest BCUT2D eigenvalue weighted by atomic mass is 19.4. The Morgan fingerprint density at radius 3 is 2.55 bits per heavy atom. The standard InChI is InChI=1S/C32H46F3N5O7/c1-19-16-40(20(2)18-41)30(43)25-15-24(36-28(42)12-13-32(33,34)35)10-11-26(25)46-21(3)9-7-8-14-45-27(19)17-39(6)31(44)37-29-22(4)38-47-23(29)5/h10-11,15,19-21,27,41H,7-9,12-14,16-18H2,1-6H3,(H,36,42)(H,37,44)/t19-,20+,21-,27-/m1/s1. The molecular weight excluding hydrogens is 623 g/mol. The summed E-state index contributed by atoms with van der Waals surface area (Å²) < 4.78 is 55.6. The third-order valence-corrected chi connectivity index (χ3v) is 8.04. The molecule has 15 heteroatoms. The second-order valence-corrected chi connectivity index (χ2v) is 12.2. The minimum Gasteiger partial charge on any atom is -0.490 e. The van der Waals surface area contributed by atoms with Crippen LogP contribution in [0.1, 0.15) is 74.7 Å². The topological polar surface area (TPSA) is 146 Å². The van der Waals surface area contributed by atoms with E-state index in [1.54, 1.807) is 27.8 Å². The third kappa shape index (κ3) is 11.1. The van der Waals surface area contributed by atoms with Crippen LogP contribution in [0, 0.1) is 19.8 Å². The van der Waals surface area contributed by atoms with Crippen LogP contribution in [0.5, 0.6) is 5.75 Å². The van der Waals surface area contributed by atoms with Crippen LogP contribution in [0.25, 0.3) is 0 Å². The molecule has 0 spiro atoms. The number of alkyl halides is 3. The minimum absolute atomic E-state index is 0.0865. The van der Waals surface area contributed by atoms with Gasteiger partial charge < -0.3 is 39.5 Å². The maximum Gasteiger partial charge on any atom is 0.389 e. The first-order valence-electron chi connectivity index (χ1n) is 15.7. The summed E-state index contributed by atoms with van der Waals surface area (Å²) in [6.07, 6.45) is -5.19. The predicted octanol–water partition coefficient (Wildman–Crippen LogP) is 5.53. The summed E-state index contributed by atoms with van der Waals surface area (Å²) in [7, 11) is 1.63. The predicted molar refractivity (Wildman–Crippen MR) is 168 cm³/mol. The van der Waals surface area contributed by atoms with Crippen molar-refractivity contribution in [2.75, 3.05) is 44.0 Å². The number of fused-ring (bicyclic) bond motifs is 1. The number of amides is 4. The van der Waals surface area contributed by atoms with Crippen LogP contribution in [-0.2, 0) is 9.53 Å². The number of aromatic nitrogens is 1. The Kier molecular flexibility index (Phi) is 13.5. The largest absolute Gasteiger partial charge is 0.490 e. The first-order valence-corrected chi connectivity index (χ1v) is 15.7. The van der Waals surface area contributed by atoms with E-state index in [2.05, 4.69) is 15.8 Å². The zero-order valence-electron chi connectivity index (χ0n) is 27.8. The van der Waals surface area contributed by atoms with E-state index in [0.717, 1.165) is 12.8 Å². The molecule has 0 aliphatic carbocycles. The average Bonchev–Trinajstić information content (AvgIpc) is 3.33. The molecule has 0 fully saturated rings. The van der Waals surface area contributed by atoms with Gasteiger partial charge in [0.05, 0.1) is 36.8 Å². The molecule has 4 amide bonds. The highest BCUT2D eigenvalue weighted by Crippen LogP contribution is 2.29. The van der Waals surface area contributed by atoms with Gasteiger partial charge in [0.25, 0.3) is 5.91 Å². The van der Waals surface area contributed by atoms with Crippen molar-refractivity contribution in [1.82, 2.24) is 15.0 Å². The summed E-state index contributed by atoms with van der Waals surface area (Å²) in [5, 5.41) is 19.2. The number of aryl methyl sites for hydroxylation is 2. The fourth-order valence-corrected chi connectivity index (χ4v) is 5.16. The van der Waals surface area contributed by atoms with Gasteiger partial charge in [-0.05, 0) is 65.2 Å². The van der Waals surface area contributed by atoms with E-state index in [-0.39, 0.29) is 48.7 Å². The number of nitrogens with one attached hydrogen (secondary N) is 2. The SMILES string of the molecule is Cc1noc(C)c1NC(=O)N(C)C[C@H]1OCCCC[C@@H](C)Oc2ccc(NC(=O)CCC(F)(F)F)cc2C(=O)N([C@@H](C)CO)C[C@H]1C. The zero-order valence-corrected chi connectivity index (χ0v) is 27.8. The van der Waals surface area contributed by atoms with Crippen LogP contribution in [0.15, 0.2) is 22.7 Å². The number of ether oxygens (including phenoxy) is 2. The lowest BCUT2D eigenvalue weighted by Crippen LogP contribution is -2.48. The Bertz CT molecular complexity index is 1350. The lowest BCUT2D eigenvalue weighted by atomic mass is 10.0. The second-order valence-electron chi connectivity index (χ2n) is 12.2. The van der Waals surface area contributed by atoms with Gasteiger partial charge in [-0.25, -0.2) is 4.79 Å². The number of likely N-dealkylation sites (N-methyl/N-ethyl adjacent to an activating group) is 1. The molecule has 0 unspecified atom stereocenters. The lowest BCUT2D eigenvalue weighted by molar-refractivity contribution is -0.142. The molecule has 1 aromatic heterocycles. The van der Waals surface area contributed by atoms with E-state index in [1.165, 1.54) is 28.0 Å². The van der Waals surface area contributed by atoms with Crippen molar-refractivity contribution in [1.29, 1.82) is 0 Å². The van der Waals surface area contributed by atoms with Gasteiger partial charge in [-0.15, -0.1) is 0 Å². The molecule has 2 aromatic rings. The quantitative estimate of drug-likeness (QED) is 0.333. The smallest absolute Gasteiger partial charge is 0.389 e. The summed E-state index contributed by atoms with van der Waals surface area (Å²) >= 11 is 0. The number of carbonyl (C=O) groups excluding carboxylic acids is 3. The van der Waals surface area contributed by atoms with Crippen LogP contribution >= 0.6 is 0 Å². The van der Waals surface area contributed by atoms with E-state index in [1.807, 2.05) is 13.8 Å². The summed E-state index contributed by atoms with van der Waals surface area (Å²) in [6.45, 7) is 9.22. The second kappa shape index (κ2) is 16.8. The minimum atomic E-state index is -4.48. The maximum atomic E-state index is 14.2. The van der Waals surface area contributed by atoms with E-state index in [0.29, 0.717) is 30.2 Å². The van der Waals surface area contributed by atoms with Gasteiger partial charge in [-0.1, -0.05) is 12.1 Å². The summed E-state index contributed by atoms with van der Waals surface area (Å²) in [4.78, 5) is 42.5. The summed E-state index contributed by atoms with van der Waals surface area (Å²) in [6, 6.07) is 3.33. The maximum absolute atomic E-state index is 14.2. The van der Waals surface area contributed by atoms with Gasteiger partial charge in [0.2, 0.25) is 5.91 Å². The number of aliphatic hydroxyl groups excluding tert-OH is 1. The van der Waals surface area contributed by atoms with Crippen LogP contribution < -0.4 is 15.4 Å². The first kappa shape index (κ1) is 37.6. The van der Waals surface area contributed by atoms with Crippen LogP contribution in [0.3, 0.4) is 0 Å². The van der Waals surface area contributed by atoms with Gasteiger partial charge in [-0.2, -0.15) is 13.2 Å². The number of nitrogens with zero attached hydrogens (tertiary/aromatic N) is 3. The highest BCUT2D eigenvalue weighted by molar-refractivity contribution is 5.99. The Labute approximate surface area is 272 Å². The van der Waals surface area contributed by atoms with Crippen LogP contribution in [0.4, 0.5) is 29.3 Å². The normalized spacial score (nSPS) is 20.4. The van der Waals surface area contributed by atoms with Crippen LogP contribution in [-0.4, -0.2) is 95.7 Å². The monoisotopic (exact) mass is 669 g/mol. The van der Waals surface area contributed by atoms with Crippen molar-refractivity contribution >= 4 is 29.2 Å².